The Morgan fingerprint density at radius 3 is 2.31 bits per heavy atom. The average molecular weight is 224 g/mol. The third-order valence-electron chi connectivity index (χ3n) is 3.02. The first-order chi connectivity index (χ1) is 7.47. The molecule has 0 amide bonds. The lowest BCUT2D eigenvalue weighted by atomic mass is 9.92. The van der Waals surface area contributed by atoms with Crippen LogP contribution < -0.4 is 0 Å². The molecule has 0 aliphatic heterocycles. The first kappa shape index (κ1) is 13.0. The number of phenols is 1. The van der Waals surface area contributed by atoms with Gasteiger partial charge in [-0.15, -0.1) is 0 Å². The lowest BCUT2D eigenvalue weighted by Crippen LogP contribution is -1.99. The molecule has 1 aromatic rings. The van der Waals surface area contributed by atoms with E-state index in [1.54, 1.807) is 6.07 Å². The molecule has 1 unspecified atom stereocenters. The van der Waals surface area contributed by atoms with E-state index in [-0.39, 0.29) is 23.4 Å². The van der Waals surface area contributed by atoms with Crippen molar-refractivity contribution in [1.29, 1.82) is 0 Å². The number of phenolic OH excluding ortho intramolecular Hbond substituents is 1. The molecule has 0 aliphatic rings. The summed E-state index contributed by atoms with van der Waals surface area (Å²) < 4.78 is 13.8. The minimum absolute atomic E-state index is 0.0985. The first-order valence-corrected chi connectivity index (χ1v) is 5.99. The van der Waals surface area contributed by atoms with Crippen molar-refractivity contribution in [3.8, 4) is 5.75 Å². The van der Waals surface area contributed by atoms with Crippen LogP contribution in [0.15, 0.2) is 12.1 Å². The van der Waals surface area contributed by atoms with Gasteiger partial charge < -0.3 is 5.11 Å². The second kappa shape index (κ2) is 5.33. The molecule has 1 rings (SSSR count). The summed E-state index contributed by atoms with van der Waals surface area (Å²) in [6.07, 6.45) is 2.00. The summed E-state index contributed by atoms with van der Waals surface area (Å²) in [4.78, 5) is 0. The van der Waals surface area contributed by atoms with Crippen molar-refractivity contribution >= 4 is 0 Å². The van der Waals surface area contributed by atoms with E-state index in [0.29, 0.717) is 5.56 Å². The molecule has 1 nitrogen and oxygen atoms in total. The maximum atomic E-state index is 13.8. The monoisotopic (exact) mass is 224 g/mol. The summed E-state index contributed by atoms with van der Waals surface area (Å²) in [5.74, 6) is 0.332. The molecular weight excluding hydrogens is 203 g/mol. The van der Waals surface area contributed by atoms with Crippen LogP contribution >= 0.6 is 0 Å². The summed E-state index contributed by atoms with van der Waals surface area (Å²) in [5, 5.41) is 9.90. The molecule has 1 atom stereocenters. The predicted molar refractivity (Wildman–Crippen MR) is 65.5 cm³/mol. The summed E-state index contributed by atoms with van der Waals surface area (Å²) in [7, 11) is 0. The largest absolute Gasteiger partial charge is 0.508 e. The molecule has 0 heterocycles. The van der Waals surface area contributed by atoms with Crippen molar-refractivity contribution in [3.63, 3.8) is 0 Å². The van der Waals surface area contributed by atoms with Gasteiger partial charge in [-0.3, -0.25) is 0 Å². The van der Waals surface area contributed by atoms with Crippen LogP contribution in [-0.4, -0.2) is 5.11 Å². The van der Waals surface area contributed by atoms with Gasteiger partial charge in [0.05, 0.1) is 0 Å². The van der Waals surface area contributed by atoms with Gasteiger partial charge in [-0.25, -0.2) is 4.39 Å². The lowest BCUT2D eigenvalue weighted by Gasteiger charge is -2.15. The highest BCUT2D eigenvalue weighted by molar-refractivity contribution is 5.40. The molecule has 90 valence electrons. The van der Waals surface area contributed by atoms with E-state index in [4.69, 9.17) is 0 Å². The van der Waals surface area contributed by atoms with Gasteiger partial charge in [-0.2, -0.15) is 0 Å². The number of halogens is 1. The van der Waals surface area contributed by atoms with Crippen molar-refractivity contribution in [3.05, 3.63) is 29.1 Å². The van der Waals surface area contributed by atoms with Crippen LogP contribution in [0.5, 0.6) is 5.75 Å². The molecule has 1 N–H and O–H groups in total. The number of rotatable bonds is 4. The Morgan fingerprint density at radius 1 is 1.19 bits per heavy atom. The number of hydrogen-bond donors (Lipinski definition) is 1. The van der Waals surface area contributed by atoms with Gasteiger partial charge in [0.1, 0.15) is 11.6 Å². The van der Waals surface area contributed by atoms with Crippen LogP contribution in [-0.2, 0) is 0 Å². The lowest BCUT2D eigenvalue weighted by molar-refractivity contribution is 0.454. The second-order valence-corrected chi connectivity index (χ2v) is 4.78. The fraction of sp³-hybridized carbons (Fsp3) is 0.571. The van der Waals surface area contributed by atoms with Gasteiger partial charge in [0.25, 0.3) is 0 Å². The van der Waals surface area contributed by atoms with Crippen molar-refractivity contribution < 1.29 is 9.50 Å². The molecule has 2 heteroatoms. The Labute approximate surface area is 97.3 Å². The Hall–Kier alpha value is -1.05. The van der Waals surface area contributed by atoms with Crippen molar-refractivity contribution in [2.24, 2.45) is 0 Å². The topological polar surface area (TPSA) is 20.2 Å². The van der Waals surface area contributed by atoms with Gasteiger partial charge >= 0.3 is 0 Å². The third-order valence-corrected chi connectivity index (χ3v) is 3.02. The van der Waals surface area contributed by atoms with E-state index in [0.717, 1.165) is 18.4 Å². The SMILES string of the molecule is CCCC(C)c1cc(F)c(C(C)C)cc1O. The van der Waals surface area contributed by atoms with E-state index in [9.17, 15) is 9.50 Å². The van der Waals surface area contributed by atoms with Crippen LogP contribution in [0.3, 0.4) is 0 Å². The highest BCUT2D eigenvalue weighted by atomic mass is 19.1. The maximum absolute atomic E-state index is 13.8. The van der Waals surface area contributed by atoms with Crippen LogP contribution in [0.1, 0.15) is 63.5 Å². The Morgan fingerprint density at radius 2 is 1.81 bits per heavy atom. The molecule has 16 heavy (non-hydrogen) atoms. The molecule has 0 radical (unpaired) electrons. The van der Waals surface area contributed by atoms with E-state index < -0.39 is 0 Å². The zero-order chi connectivity index (χ0) is 12.3. The fourth-order valence-electron chi connectivity index (χ4n) is 2.02. The predicted octanol–water partition coefficient (Wildman–Crippen LogP) is 4.56. The second-order valence-electron chi connectivity index (χ2n) is 4.78. The molecule has 0 bridgehead atoms. The van der Waals surface area contributed by atoms with Gasteiger partial charge in [0.15, 0.2) is 0 Å². The van der Waals surface area contributed by atoms with E-state index in [1.807, 2.05) is 20.8 Å². The molecule has 0 fully saturated rings. The third kappa shape index (κ3) is 2.75. The standard InChI is InChI=1S/C14H21FO/c1-5-6-10(4)12-7-13(15)11(9(2)3)8-14(12)16/h7-10,16H,5-6H2,1-4H3. The fourth-order valence-corrected chi connectivity index (χ4v) is 2.02. The zero-order valence-electron chi connectivity index (χ0n) is 10.5. The number of benzene rings is 1. The normalized spacial score (nSPS) is 13.1. The molecule has 0 saturated heterocycles. The molecule has 0 spiro atoms. The molecule has 1 aromatic carbocycles. The van der Waals surface area contributed by atoms with Gasteiger partial charge in [0, 0.05) is 0 Å². The summed E-state index contributed by atoms with van der Waals surface area (Å²) in [6.45, 7) is 7.96. The first-order valence-electron chi connectivity index (χ1n) is 5.99. The summed E-state index contributed by atoms with van der Waals surface area (Å²) in [5.41, 5.74) is 1.31. The Kier molecular flexibility index (Phi) is 4.34. The summed E-state index contributed by atoms with van der Waals surface area (Å²) in [6, 6.07) is 3.06. The van der Waals surface area contributed by atoms with Crippen LogP contribution in [0.2, 0.25) is 0 Å². The molecule has 0 saturated carbocycles. The minimum atomic E-state index is -0.203. The number of aromatic hydroxyl groups is 1. The minimum Gasteiger partial charge on any atom is -0.508 e. The Balaban J connectivity index is 3.10. The van der Waals surface area contributed by atoms with Gasteiger partial charge in [0.2, 0.25) is 0 Å². The van der Waals surface area contributed by atoms with E-state index in [2.05, 4.69) is 6.92 Å². The van der Waals surface area contributed by atoms with Crippen molar-refractivity contribution in [2.75, 3.05) is 0 Å². The van der Waals surface area contributed by atoms with Gasteiger partial charge in [-0.1, -0.05) is 34.1 Å². The van der Waals surface area contributed by atoms with Crippen LogP contribution in [0.4, 0.5) is 4.39 Å². The zero-order valence-corrected chi connectivity index (χ0v) is 10.5. The Bertz CT molecular complexity index is 358. The van der Waals surface area contributed by atoms with E-state index >= 15 is 0 Å². The van der Waals surface area contributed by atoms with Crippen molar-refractivity contribution in [1.82, 2.24) is 0 Å². The summed E-state index contributed by atoms with van der Waals surface area (Å²) >= 11 is 0. The van der Waals surface area contributed by atoms with E-state index in [1.165, 1.54) is 6.07 Å². The van der Waals surface area contributed by atoms with Crippen LogP contribution in [0, 0.1) is 5.82 Å². The average Bonchev–Trinajstić information content (AvgIpc) is 2.20. The molecule has 0 aliphatic carbocycles. The molecular formula is C14H21FO. The smallest absolute Gasteiger partial charge is 0.127 e. The van der Waals surface area contributed by atoms with Crippen LogP contribution in [0.25, 0.3) is 0 Å². The highest BCUT2D eigenvalue weighted by Crippen LogP contribution is 2.33. The quantitative estimate of drug-likeness (QED) is 0.795. The van der Waals surface area contributed by atoms with Gasteiger partial charge in [-0.05, 0) is 41.5 Å². The number of hydrogen-bond acceptors (Lipinski definition) is 1. The highest BCUT2D eigenvalue weighted by Gasteiger charge is 2.15. The van der Waals surface area contributed by atoms with Crippen molar-refractivity contribution in [2.45, 2.75) is 52.4 Å². The maximum Gasteiger partial charge on any atom is 0.127 e. The molecule has 0 aromatic heterocycles.